The predicted molar refractivity (Wildman–Crippen MR) is 154 cm³/mol. The van der Waals surface area contributed by atoms with Crippen molar-refractivity contribution in [3.05, 3.63) is 69.7 Å². The lowest BCUT2D eigenvalue weighted by molar-refractivity contribution is -0.189. The first-order valence-corrected chi connectivity index (χ1v) is 14.5. The molecule has 15 heteroatoms. The summed E-state index contributed by atoms with van der Waals surface area (Å²) in [6.45, 7) is 0.0225. The van der Waals surface area contributed by atoms with Gasteiger partial charge in [-0.2, -0.15) is 26.3 Å². The molecule has 1 atom stereocenters. The van der Waals surface area contributed by atoms with E-state index >= 15 is 0 Å². The summed E-state index contributed by atoms with van der Waals surface area (Å²) >= 11 is 12.4. The Kier molecular flexibility index (Phi) is 12.3. The van der Waals surface area contributed by atoms with Gasteiger partial charge in [-0.1, -0.05) is 47.5 Å². The van der Waals surface area contributed by atoms with Crippen LogP contribution in [0.15, 0.2) is 48.5 Å². The topological polar surface area (TPSA) is 73.0 Å². The SMILES string of the molecule is CN(CC(CCN1CCC(N(CCNC(=O)C(F)(F)F)C(=O)C(F)(F)F)CC1)c1ccc(Cl)c(Cl)c1)C(=O)c1ccccc1. The Morgan fingerprint density at radius 1 is 0.955 bits per heavy atom. The monoisotopic (exact) mass is 668 g/mol. The number of rotatable bonds is 11. The van der Waals surface area contributed by atoms with Crippen LogP contribution in [0.5, 0.6) is 0 Å². The highest BCUT2D eigenvalue weighted by Gasteiger charge is 2.45. The van der Waals surface area contributed by atoms with Crippen LogP contribution in [-0.4, -0.2) is 97.1 Å². The second-order valence-corrected chi connectivity index (χ2v) is 11.3. The molecule has 7 nitrogen and oxygen atoms in total. The summed E-state index contributed by atoms with van der Waals surface area (Å²) in [4.78, 5) is 40.3. The molecule has 1 saturated heterocycles. The number of carbonyl (C=O) groups excluding carboxylic acids is 3. The molecule has 1 heterocycles. The van der Waals surface area contributed by atoms with Crippen LogP contribution in [-0.2, 0) is 9.59 Å². The molecule has 0 bridgehead atoms. The molecule has 2 aromatic rings. The molecule has 0 aromatic heterocycles. The van der Waals surface area contributed by atoms with Gasteiger partial charge in [0.2, 0.25) is 0 Å². The van der Waals surface area contributed by atoms with Gasteiger partial charge in [0, 0.05) is 57.3 Å². The minimum absolute atomic E-state index is 0.152. The molecule has 1 fully saturated rings. The van der Waals surface area contributed by atoms with Gasteiger partial charge in [-0.3, -0.25) is 14.4 Å². The Labute approximate surface area is 261 Å². The van der Waals surface area contributed by atoms with Crippen molar-refractivity contribution in [2.45, 2.75) is 43.6 Å². The normalized spacial score (nSPS) is 15.5. The fourth-order valence-electron chi connectivity index (χ4n) is 5.14. The number of nitrogens with one attached hydrogen (secondary N) is 1. The van der Waals surface area contributed by atoms with E-state index in [0.717, 1.165) is 5.56 Å². The van der Waals surface area contributed by atoms with Crippen molar-refractivity contribution in [1.82, 2.24) is 20.0 Å². The van der Waals surface area contributed by atoms with E-state index in [0.29, 0.717) is 53.1 Å². The molecule has 0 aliphatic carbocycles. The minimum atomic E-state index is -5.22. The summed E-state index contributed by atoms with van der Waals surface area (Å²) < 4.78 is 77.3. The summed E-state index contributed by atoms with van der Waals surface area (Å²) in [6, 6.07) is 13.1. The zero-order chi connectivity index (χ0) is 32.7. The highest BCUT2D eigenvalue weighted by molar-refractivity contribution is 6.42. The molecule has 44 heavy (non-hydrogen) atoms. The number of nitrogens with zero attached hydrogens (tertiary/aromatic N) is 3. The van der Waals surface area contributed by atoms with Gasteiger partial charge in [-0.05, 0) is 55.6 Å². The molecule has 0 saturated carbocycles. The first-order valence-electron chi connectivity index (χ1n) is 13.8. The molecule has 3 amide bonds. The third kappa shape index (κ3) is 10.00. The fraction of sp³-hybridized carbons (Fsp3) is 0.483. The lowest BCUT2D eigenvalue weighted by Gasteiger charge is -2.39. The standard InChI is InChI=1S/C29H32Cl2F6N4O3/c1-39(25(42)19-5-3-2-4-6-19)18-21(20-7-8-23(30)24(31)17-20)9-13-40-14-10-22(11-15-40)41(27(44)29(35,36)37)16-12-38-26(43)28(32,33)34/h2-8,17,21-22H,9-16,18H2,1H3,(H,38,43). The van der Waals surface area contributed by atoms with Gasteiger partial charge in [-0.15, -0.1) is 0 Å². The lowest BCUT2D eigenvalue weighted by atomic mass is 9.93. The maximum absolute atomic E-state index is 13.3. The Morgan fingerprint density at radius 3 is 2.16 bits per heavy atom. The molecule has 0 spiro atoms. The number of likely N-dealkylation sites (tertiary alicyclic amines) is 1. The molecule has 1 N–H and O–H groups in total. The van der Waals surface area contributed by atoms with E-state index in [4.69, 9.17) is 23.2 Å². The van der Waals surface area contributed by atoms with Crippen molar-refractivity contribution in [3.8, 4) is 0 Å². The first-order chi connectivity index (χ1) is 20.6. The maximum Gasteiger partial charge on any atom is 0.471 e. The number of alkyl halides is 6. The molecule has 242 valence electrons. The van der Waals surface area contributed by atoms with Gasteiger partial charge in [-0.25, -0.2) is 0 Å². The minimum Gasteiger partial charge on any atom is -0.346 e. The van der Waals surface area contributed by atoms with Crippen molar-refractivity contribution < 1.29 is 40.7 Å². The van der Waals surface area contributed by atoms with Gasteiger partial charge >= 0.3 is 24.2 Å². The summed E-state index contributed by atoms with van der Waals surface area (Å²) in [6.07, 6.45) is -9.55. The fourth-order valence-corrected chi connectivity index (χ4v) is 5.45. The molecule has 3 rings (SSSR count). The highest BCUT2D eigenvalue weighted by Crippen LogP contribution is 2.30. The number of piperidine rings is 1. The van der Waals surface area contributed by atoms with Crippen LogP contribution in [0.3, 0.4) is 0 Å². The Bertz CT molecular complexity index is 1290. The third-order valence-electron chi connectivity index (χ3n) is 7.47. The predicted octanol–water partition coefficient (Wildman–Crippen LogP) is 5.77. The van der Waals surface area contributed by atoms with Crippen molar-refractivity contribution in [2.75, 3.05) is 46.3 Å². The van der Waals surface area contributed by atoms with Gasteiger partial charge in [0.05, 0.1) is 10.0 Å². The average Bonchev–Trinajstić information content (AvgIpc) is 2.97. The number of carbonyl (C=O) groups is 3. The van der Waals surface area contributed by atoms with E-state index in [2.05, 4.69) is 0 Å². The molecule has 0 radical (unpaired) electrons. The van der Waals surface area contributed by atoms with Crippen LogP contribution in [0.1, 0.15) is 41.1 Å². The highest BCUT2D eigenvalue weighted by atomic mass is 35.5. The van der Waals surface area contributed by atoms with E-state index in [1.165, 1.54) is 5.32 Å². The van der Waals surface area contributed by atoms with Gasteiger partial charge in [0.25, 0.3) is 5.91 Å². The molecule has 1 aliphatic rings. The van der Waals surface area contributed by atoms with E-state index in [1.807, 2.05) is 17.0 Å². The van der Waals surface area contributed by atoms with Crippen molar-refractivity contribution in [2.24, 2.45) is 0 Å². The molecular formula is C29H32Cl2F6N4O3. The zero-order valence-electron chi connectivity index (χ0n) is 23.7. The summed E-state index contributed by atoms with van der Waals surface area (Å²) in [7, 11) is 1.69. The van der Waals surface area contributed by atoms with Gasteiger partial charge in [0.1, 0.15) is 0 Å². The van der Waals surface area contributed by atoms with E-state index in [-0.39, 0.29) is 24.7 Å². The zero-order valence-corrected chi connectivity index (χ0v) is 25.2. The molecule has 1 unspecified atom stereocenters. The summed E-state index contributed by atoms with van der Waals surface area (Å²) in [5, 5.41) is 2.25. The van der Waals surface area contributed by atoms with Crippen LogP contribution in [0.4, 0.5) is 26.3 Å². The maximum atomic E-state index is 13.3. The van der Waals surface area contributed by atoms with Crippen LogP contribution in [0, 0.1) is 0 Å². The van der Waals surface area contributed by atoms with Crippen molar-refractivity contribution in [1.29, 1.82) is 0 Å². The van der Waals surface area contributed by atoms with Crippen molar-refractivity contribution >= 4 is 40.9 Å². The quantitative estimate of drug-likeness (QED) is 0.309. The molecular weight excluding hydrogens is 637 g/mol. The number of benzene rings is 2. The van der Waals surface area contributed by atoms with E-state index < -0.39 is 43.3 Å². The van der Waals surface area contributed by atoms with Crippen LogP contribution in [0.2, 0.25) is 10.0 Å². The van der Waals surface area contributed by atoms with Crippen LogP contribution < -0.4 is 5.32 Å². The number of halogens is 8. The number of amides is 3. The van der Waals surface area contributed by atoms with E-state index in [9.17, 15) is 40.7 Å². The lowest BCUT2D eigenvalue weighted by Crippen LogP contribution is -2.53. The summed E-state index contributed by atoms with van der Waals surface area (Å²) in [5.41, 5.74) is 1.38. The second kappa shape index (κ2) is 15.3. The second-order valence-electron chi connectivity index (χ2n) is 10.5. The number of hydrogen-bond donors (Lipinski definition) is 1. The number of hydrogen-bond acceptors (Lipinski definition) is 4. The summed E-state index contributed by atoms with van der Waals surface area (Å²) in [5.74, 6) is -4.79. The first kappa shape index (κ1) is 35.4. The average molecular weight is 669 g/mol. The van der Waals surface area contributed by atoms with Gasteiger partial charge < -0.3 is 20.0 Å². The van der Waals surface area contributed by atoms with Crippen molar-refractivity contribution in [3.63, 3.8) is 0 Å². The van der Waals surface area contributed by atoms with E-state index in [1.54, 1.807) is 48.3 Å². The van der Waals surface area contributed by atoms with Crippen LogP contribution in [0.25, 0.3) is 0 Å². The Hall–Kier alpha value is -3.03. The third-order valence-corrected chi connectivity index (χ3v) is 8.21. The Morgan fingerprint density at radius 2 is 1.59 bits per heavy atom. The largest absolute Gasteiger partial charge is 0.471 e. The van der Waals surface area contributed by atoms with Crippen LogP contribution >= 0.6 is 23.2 Å². The molecule has 1 aliphatic heterocycles. The molecule has 2 aromatic carbocycles. The van der Waals surface area contributed by atoms with Gasteiger partial charge in [0.15, 0.2) is 0 Å². The number of likely N-dealkylation sites (N-methyl/N-ethyl adjacent to an activating group) is 1. The Balaban J connectivity index is 1.64. The smallest absolute Gasteiger partial charge is 0.346 e.